The fraction of sp³-hybridized carbons (Fsp3) is 0.0769. The molecule has 0 spiro atoms. The minimum absolute atomic E-state index is 0.273. The third-order valence-corrected chi connectivity index (χ3v) is 3.12. The van der Waals surface area contributed by atoms with Crippen LogP contribution in [-0.2, 0) is 0 Å². The van der Waals surface area contributed by atoms with Crippen LogP contribution in [0.4, 0.5) is 5.69 Å². The van der Waals surface area contributed by atoms with Gasteiger partial charge in [0.1, 0.15) is 5.76 Å². The first-order valence-corrected chi connectivity index (χ1v) is 5.49. The highest BCUT2D eigenvalue weighted by Gasteiger charge is 2.24. The van der Waals surface area contributed by atoms with Crippen LogP contribution in [0.1, 0.15) is 5.56 Å². The Bertz CT molecular complexity index is 543. The number of nitrogens with zero attached hydrogens (tertiary/aromatic N) is 1. The van der Waals surface area contributed by atoms with Crippen LogP contribution < -0.4 is 4.90 Å². The van der Waals surface area contributed by atoms with Crippen molar-refractivity contribution in [2.75, 3.05) is 11.4 Å². The van der Waals surface area contributed by atoms with Crippen LogP contribution in [0.25, 0.3) is 5.76 Å². The summed E-state index contributed by atoms with van der Waals surface area (Å²) in [7, 11) is 0. The first kappa shape index (κ1) is 9.55. The van der Waals surface area contributed by atoms with E-state index in [-0.39, 0.29) is 5.76 Å². The highest BCUT2D eigenvalue weighted by molar-refractivity contribution is 6.34. The lowest BCUT2D eigenvalue weighted by atomic mass is 10.0. The van der Waals surface area contributed by atoms with Gasteiger partial charge in [-0.15, -0.1) is 0 Å². The van der Waals surface area contributed by atoms with E-state index in [4.69, 9.17) is 11.6 Å². The Balaban J connectivity index is 2.27. The van der Waals surface area contributed by atoms with Crippen LogP contribution in [-0.4, -0.2) is 11.7 Å². The summed E-state index contributed by atoms with van der Waals surface area (Å²) in [6.45, 7) is 0.784. The van der Waals surface area contributed by atoms with E-state index in [1.165, 1.54) is 0 Å². The number of halogens is 1. The summed E-state index contributed by atoms with van der Waals surface area (Å²) < 4.78 is 0. The Morgan fingerprint density at radius 3 is 3.06 bits per heavy atom. The number of aliphatic hydroxyl groups is 1. The second-order valence-electron chi connectivity index (χ2n) is 3.80. The molecule has 0 saturated carbocycles. The SMILES string of the molecule is OC1=CC2=CC=CCN2c2c(Cl)cccc21. The Kier molecular flexibility index (Phi) is 2.04. The van der Waals surface area contributed by atoms with Gasteiger partial charge in [-0.05, 0) is 18.2 Å². The number of anilines is 1. The molecule has 2 heterocycles. The summed E-state index contributed by atoms with van der Waals surface area (Å²) in [5, 5.41) is 10.6. The maximum absolute atomic E-state index is 9.94. The standard InChI is InChI=1S/C13H10ClNO/c14-11-6-3-5-10-12(16)8-9-4-1-2-7-15(9)13(10)11/h1-6,8,16H,7H2. The third-order valence-electron chi connectivity index (χ3n) is 2.82. The molecule has 3 heteroatoms. The van der Waals surface area contributed by atoms with Crippen molar-refractivity contribution in [3.8, 4) is 0 Å². The van der Waals surface area contributed by atoms with Gasteiger partial charge in [-0.1, -0.05) is 29.8 Å². The molecule has 2 nitrogen and oxygen atoms in total. The second kappa shape index (κ2) is 3.42. The number of para-hydroxylation sites is 1. The van der Waals surface area contributed by atoms with Crippen molar-refractivity contribution in [1.82, 2.24) is 0 Å². The van der Waals surface area contributed by atoms with Gasteiger partial charge in [0, 0.05) is 23.9 Å². The van der Waals surface area contributed by atoms with E-state index in [2.05, 4.69) is 11.0 Å². The van der Waals surface area contributed by atoms with Crippen molar-refractivity contribution >= 4 is 23.0 Å². The van der Waals surface area contributed by atoms with Crippen LogP contribution >= 0.6 is 11.6 Å². The molecule has 2 aliphatic rings. The zero-order chi connectivity index (χ0) is 11.1. The van der Waals surface area contributed by atoms with Gasteiger partial charge < -0.3 is 10.0 Å². The van der Waals surface area contributed by atoms with Crippen molar-refractivity contribution < 1.29 is 5.11 Å². The Morgan fingerprint density at radius 1 is 1.31 bits per heavy atom. The van der Waals surface area contributed by atoms with E-state index >= 15 is 0 Å². The third kappa shape index (κ3) is 1.27. The Hall–Kier alpha value is -1.67. The van der Waals surface area contributed by atoms with Gasteiger partial charge in [0.05, 0.1) is 10.7 Å². The first-order valence-electron chi connectivity index (χ1n) is 5.11. The normalized spacial score (nSPS) is 17.4. The van der Waals surface area contributed by atoms with E-state index in [0.29, 0.717) is 5.02 Å². The summed E-state index contributed by atoms with van der Waals surface area (Å²) in [5.41, 5.74) is 2.65. The molecule has 80 valence electrons. The van der Waals surface area contributed by atoms with Crippen molar-refractivity contribution in [3.05, 3.63) is 58.8 Å². The fourth-order valence-corrected chi connectivity index (χ4v) is 2.37. The Labute approximate surface area is 98.8 Å². The van der Waals surface area contributed by atoms with Crippen molar-refractivity contribution in [2.24, 2.45) is 0 Å². The lowest BCUT2D eigenvalue weighted by molar-refractivity contribution is 0.509. The predicted molar refractivity (Wildman–Crippen MR) is 66.6 cm³/mol. The molecule has 1 N–H and O–H groups in total. The monoisotopic (exact) mass is 231 g/mol. The number of fused-ring (bicyclic) bond motifs is 3. The lowest BCUT2D eigenvalue weighted by Gasteiger charge is -2.32. The van der Waals surface area contributed by atoms with Gasteiger partial charge in [0.15, 0.2) is 0 Å². The average molecular weight is 232 g/mol. The molecule has 0 amide bonds. The zero-order valence-corrected chi connectivity index (χ0v) is 9.28. The molecule has 1 aromatic rings. The van der Waals surface area contributed by atoms with Gasteiger partial charge in [-0.3, -0.25) is 0 Å². The molecule has 1 aromatic carbocycles. The molecule has 0 atom stereocenters. The molecule has 0 radical (unpaired) electrons. The fourth-order valence-electron chi connectivity index (χ4n) is 2.09. The van der Waals surface area contributed by atoms with E-state index in [1.54, 1.807) is 6.08 Å². The molecule has 0 unspecified atom stereocenters. The number of hydrogen-bond acceptors (Lipinski definition) is 2. The number of benzene rings is 1. The molecule has 2 aliphatic heterocycles. The predicted octanol–water partition coefficient (Wildman–Crippen LogP) is 3.51. The quantitative estimate of drug-likeness (QED) is 0.739. The van der Waals surface area contributed by atoms with Gasteiger partial charge >= 0.3 is 0 Å². The van der Waals surface area contributed by atoms with Gasteiger partial charge in [0.25, 0.3) is 0 Å². The molecular formula is C13H10ClNO. The topological polar surface area (TPSA) is 23.5 Å². The highest BCUT2D eigenvalue weighted by atomic mass is 35.5. The zero-order valence-electron chi connectivity index (χ0n) is 8.52. The van der Waals surface area contributed by atoms with E-state index in [9.17, 15) is 5.11 Å². The van der Waals surface area contributed by atoms with Crippen LogP contribution in [0.3, 0.4) is 0 Å². The van der Waals surface area contributed by atoms with E-state index < -0.39 is 0 Å². The number of rotatable bonds is 0. The number of aliphatic hydroxyl groups excluding tert-OH is 1. The largest absolute Gasteiger partial charge is 0.507 e. The summed E-state index contributed by atoms with van der Waals surface area (Å²) in [6, 6.07) is 5.57. The van der Waals surface area contributed by atoms with Crippen LogP contribution in [0.15, 0.2) is 48.2 Å². The van der Waals surface area contributed by atoms with E-state index in [0.717, 1.165) is 23.5 Å². The minimum atomic E-state index is 0.273. The molecule has 0 saturated heterocycles. The highest BCUT2D eigenvalue weighted by Crippen LogP contribution is 2.40. The number of hydrogen-bond donors (Lipinski definition) is 1. The Morgan fingerprint density at radius 2 is 2.19 bits per heavy atom. The van der Waals surface area contributed by atoms with E-state index in [1.807, 2.05) is 30.4 Å². The maximum atomic E-state index is 9.94. The van der Waals surface area contributed by atoms with Crippen molar-refractivity contribution in [3.63, 3.8) is 0 Å². The van der Waals surface area contributed by atoms with Crippen molar-refractivity contribution in [1.29, 1.82) is 0 Å². The van der Waals surface area contributed by atoms with Gasteiger partial charge in [-0.2, -0.15) is 0 Å². The van der Waals surface area contributed by atoms with Crippen LogP contribution in [0, 0.1) is 0 Å². The molecule has 0 aromatic heterocycles. The number of allylic oxidation sites excluding steroid dienone is 3. The van der Waals surface area contributed by atoms with Crippen LogP contribution in [0.2, 0.25) is 5.02 Å². The van der Waals surface area contributed by atoms with Crippen molar-refractivity contribution in [2.45, 2.75) is 0 Å². The molecule has 16 heavy (non-hydrogen) atoms. The minimum Gasteiger partial charge on any atom is -0.507 e. The van der Waals surface area contributed by atoms with Gasteiger partial charge in [0.2, 0.25) is 0 Å². The molecule has 0 aliphatic carbocycles. The molecule has 0 fully saturated rings. The summed E-state index contributed by atoms with van der Waals surface area (Å²) in [5.74, 6) is 0.273. The first-order chi connectivity index (χ1) is 7.77. The van der Waals surface area contributed by atoms with Gasteiger partial charge in [-0.25, -0.2) is 0 Å². The maximum Gasteiger partial charge on any atom is 0.127 e. The summed E-state index contributed by atoms with van der Waals surface area (Å²) in [4.78, 5) is 2.09. The van der Waals surface area contributed by atoms with Crippen LogP contribution in [0.5, 0.6) is 0 Å². The lowest BCUT2D eigenvalue weighted by Crippen LogP contribution is -2.27. The average Bonchev–Trinajstić information content (AvgIpc) is 2.30. The smallest absolute Gasteiger partial charge is 0.127 e. The molecule has 3 rings (SSSR count). The molecule has 0 bridgehead atoms. The second-order valence-corrected chi connectivity index (χ2v) is 4.20. The molecular weight excluding hydrogens is 222 g/mol. The summed E-state index contributed by atoms with van der Waals surface area (Å²) >= 11 is 6.20. The summed E-state index contributed by atoms with van der Waals surface area (Å²) in [6.07, 6.45) is 7.78.